The number of anilines is 1. The fourth-order valence-corrected chi connectivity index (χ4v) is 4.79. The van der Waals surface area contributed by atoms with Gasteiger partial charge in [0.25, 0.3) is 5.91 Å². The van der Waals surface area contributed by atoms with Gasteiger partial charge in [-0.3, -0.25) is 9.78 Å². The third kappa shape index (κ3) is 2.99. The van der Waals surface area contributed by atoms with Gasteiger partial charge in [0.2, 0.25) is 0 Å². The number of carbonyl (C=O) groups excluding carboxylic acids is 1. The van der Waals surface area contributed by atoms with E-state index in [1.54, 1.807) is 12.4 Å². The Balaban J connectivity index is 1.54. The van der Waals surface area contributed by atoms with E-state index in [0.29, 0.717) is 4.88 Å². The smallest absolute Gasteiger partial charge is 0.267 e. The van der Waals surface area contributed by atoms with E-state index in [1.807, 2.05) is 13.1 Å². The molecular weight excluding hydrogens is 336 g/mol. The third-order valence-corrected chi connectivity index (χ3v) is 6.29. The Kier molecular flexibility index (Phi) is 4.37. The lowest BCUT2D eigenvalue weighted by molar-refractivity contribution is 0.0570. The second-order valence-electron chi connectivity index (χ2n) is 6.88. The average molecular weight is 358 g/mol. The molecule has 2 saturated heterocycles. The second kappa shape index (κ2) is 6.67. The monoisotopic (exact) mass is 358 g/mol. The molecule has 1 atom stereocenters. The minimum atomic E-state index is -0.0372. The van der Waals surface area contributed by atoms with Crippen molar-refractivity contribution in [3.8, 4) is 0 Å². The molecule has 25 heavy (non-hydrogen) atoms. The maximum Gasteiger partial charge on any atom is 0.267 e. The SMILES string of the molecule is Cc1nnsc1C(=O)N1CCC[C@]12CCCN(c1cnccn1)CC2. The van der Waals surface area contributed by atoms with Crippen molar-refractivity contribution in [1.82, 2.24) is 24.5 Å². The Bertz CT molecular complexity index is 751. The second-order valence-corrected chi connectivity index (χ2v) is 7.63. The predicted octanol–water partition coefficient (Wildman–Crippen LogP) is 2.30. The van der Waals surface area contributed by atoms with Crippen molar-refractivity contribution in [2.75, 3.05) is 24.5 Å². The molecule has 0 aromatic carbocycles. The van der Waals surface area contributed by atoms with Crippen LogP contribution in [0.4, 0.5) is 5.82 Å². The van der Waals surface area contributed by atoms with Crippen LogP contribution in [-0.2, 0) is 0 Å². The summed E-state index contributed by atoms with van der Waals surface area (Å²) in [5.74, 6) is 1.04. The Hall–Kier alpha value is -2.09. The van der Waals surface area contributed by atoms with Gasteiger partial charge in [0.1, 0.15) is 10.7 Å². The zero-order chi connectivity index (χ0) is 17.3. The van der Waals surface area contributed by atoms with E-state index >= 15 is 0 Å². The highest BCUT2D eigenvalue weighted by Crippen LogP contribution is 2.40. The summed E-state index contributed by atoms with van der Waals surface area (Å²) in [7, 11) is 0. The molecule has 132 valence electrons. The topological polar surface area (TPSA) is 75.1 Å². The summed E-state index contributed by atoms with van der Waals surface area (Å²) in [5.41, 5.74) is 0.705. The highest BCUT2D eigenvalue weighted by atomic mass is 32.1. The molecule has 0 N–H and O–H groups in total. The minimum absolute atomic E-state index is 0.0372. The summed E-state index contributed by atoms with van der Waals surface area (Å²) >= 11 is 1.21. The van der Waals surface area contributed by atoms with Crippen molar-refractivity contribution in [3.05, 3.63) is 29.2 Å². The molecule has 0 unspecified atom stereocenters. The van der Waals surface area contributed by atoms with Crippen LogP contribution in [0, 0.1) is 6.92 Å². The lowest BCUT2D eigenvalue weighted by Crippen LogP contribution is -2.48. The number of aromatic nitrogens is 4. The summed E-state index contributed by atoms with van der Waals surface area (Å²) in [6, 6.07) is 0. The van der Waals surface area contributed by atoms with Crippen molar-refractivity contribution in [2.45, 2.75) is 44.6 Å². The number of aryl methyl sites for hydroxylation is 1. The average Bonchev–Trinajstić information content (AvgIpc) is 3.18. The molecule has 2 aliphatic rings. The predicted molar refractivity (Wildman–Crippen MR) is 95.7 cm³/mol. The van der Waals surface area contributed by atoms with Crippen molar-refractivity contribution in [1.29, 1.82) is 0 Å². The molecule has 4 rings (SSSR count). The molecule has 4 heterocycles. The Morgan fingerprint density at radius 3 is 2.72 bits per heavy atom. The molecule has 7 nitrogen and oxygen atoms in total. The van der Waals surface area contributed by atoms with E-state index in [9.17, 15) is 4.79 Å². The van der Waals surface area contributed by atoms with E-state index in [2.05, 4.69) is 29.4 Å². The molecule has 0 radical (unpaired) electrons. The van der Waals surface area contributed by atoms with Gasteiger partial charge in [0, 0.05) is 37.6 Å². The molecule has 2 fully saturated rings. The van der Waals surface area contributed by atoms with E-state index in [-0.39, 0.29) is 11.4 Å². The van der Waals surface area contributed by atoms with Crippen LogP contribution in [0.15, 0.2) is 18.6 Å². The maximum absolute atomic E-state index is 13.1. The molecule has 0 bridgehead atoms. The van der Waals surface area contributed by atoms with Gasteiger partial charge in [-0.2, -0.15) is 0 Å². The summed E-state index contributed by atoms with van der Waals surface area (Å²) in [6.45, 7) is 4.57. The third-order valence-electron chi connectivity index (χ3n) is 5.48. The Morgan fingerprint density at radius 1 is 1.16 bits per heavy atom. The number of hydrogen-bond donors (Lipinski definition) is 0. The normalized spacial score (nSPS) is 23.9. The maximum atomic E-state index is 13.1. The van der Waals surface area contributed by atoms with Gasteiger partial charge in [-0.05, 0) is 50.6 Å². The first-order valence-electron chi connectivity index (χ1n) is 8.81. The van der Waals surface area contributed by atoms with Gasteiger partial charge in [0.15, 0.2) is 0 Å². The fraction of sp³-hybridized carbons (Fsp3) is 0.588. The summed E-state index contributed by atoms with van der Waals surface area (Å²) in [4.78, 5) is 26.8. The van der Waals surface area contributed by atoms with Crippen LogP contribution >= 0.6 is 11.5 Å². The van der Waals surface area contributed by atoms with Crippen molar-refractivity contribution in [2.24, 2.45) is 0 Å². The first-order chi connectivity index (χ1) is 12.2. The van der Waals surface area contributed by atoms with Crippen LogP contribution in [0.1, 0.15) is 47.5 Å². The van der Waals surface area contributed by atoms with Crippen molar-refractivity contribution in [3.63, 3.8) is 0 Å². The van der Waals surface area contributed by atoms with Crippen LogP contribution in [0.2, 0.25) is 0 Å². The minimum Gasteiger partial charge on any atom is -0.355 e. The van der Waals surface area contributed by atoms with Gasteiger partial charge in [-0.1, -0.05) is 4.49 Å². The largest absolute Gasteiger partial charge is 0.355 e. The molecule has 8 heteroatoms. The van der Waals surface area contributed by atoms with Gasteiger partial charge >= 0.3 is 0 Å². The number of hydrogen-bond acceptors (Lipinski definition) is 7. The standard InChI is InChI=1S/C17H22N6OS/c1-13-15(25-21-20-13)16(24)23-10-3-5-17(23)4-2-9-22(11-6-17)14-12-18-7-8-19-14/h7-8,12H,2-6,9-11H2,1H3/t17-/m0/s1. The number of rotatable bonds is 2. The molecule has 0 aliphatic carbocycles. The van der Waals surface area contributed by atoms with Crippen LogP contribution in [0.5, 0.6) is 0 Å². The summed E-state index contributed by atoms with van der Waals surface area (Å²) < 4.78 is 3.94. The molecule has 2 aromatic rings. The lowest BCUT2D eigenvalue weighted by Gasteiger charge is -2.38. The van der Waals surface area contributed by atoms with Gasteiger partial charge in [-0.25, -0.2) is 4.98 Å². The van der Waals surface area contributed by atoms with E-state index in [1.165, 1.54) is 11.5 Å². The van der Waals surface area contributed by atoms with Crippen LogP contribution < -0.4 is 4.90 Å². The van der Waals surface area contributed by atoms with E-state index < -0.39 is 0 Å². The quantitative estimate of drug-likeness (QED) is 0.820. The zero-order valence-corrected chi connectivity index (χ0v) is 15.2. The highest BCUT2D eigenvalue weighted by Gasteiger charge is 2.45. The lowest BCUT2D eigenvalue weighted by atomic mass is 9.87. The Morgan fingerprint density at radius 2 is 2.00 bits per heavy atom. The van der Waals surface area contributed by atoms with Gasteiger partial charge in [0.05, 0.1) is 11.9 Å². The molecule has 1 spiro atoms. The van der Waals surface area contributed by atoms with Gasteiger partial charge < -0.3 is 9.80 Å². The first-order valence-corrected chi connectivity index (χ1v) is 9.59. The number of nitrogens with zero attached hydrogens (tertiary/aromatic N) is 6. The molecule has 1 amide bonds. The number of likely N-dealkylation sites (tertiary alicyclic amines) is 1. The van der Waals surface area contributed by atoms with E-state index in [0.717, 1.165) is 63.3 Å². The van der Waals surface area contributed by atoms with Crippen LogP contribution in [-0.4, -0.2) is 55.5 Å². The number of amides is 1. The van der Waals surface area contributed by atoms with Crippen molar-refractivity contribution >= 4 is 23.3 Å². The molecule has 2 aliphatic heterocycles. The zero-order valence-electron chi connectivity index (χ0n) is 14.4. The summed E-state index contributed by atoms with van der Waals surface area (Å²) in [6.07, 6.45) is 10.5. The van der Waals surface area contributed by atoms with Crippen LogP contribution in [0.3, 0.4) is 0 Å². The van der Waals surface area contributed by atoms with Crippen LogP contribution in [0.25, 0.3) is 0 Å². The first kappa shape index (κ1) is 16.4. The molecular formula is C17H22N6OS. The number of carbonyl (C=O) groups is 1. The fourth-order valence-electron chi connectivity index (χ4n) is 4.19. The van der Waals surface area contributed by atoms with Gasteiger partial charge in [-0.15, -0.1) is 5.10 Å². The summed E-state index contributed by atoms with van der Waals surface area (Å²) in [5, 5.41) is 4.01. The highest BCUT2D eigenvalue weighted by molar-refractivity contribution is 7.07. The Labute approximate surface area is 151 Å². The van der Waals surface area contributed by atoms with E-state index in [4.69, 9.17) is 0 Å². The molecule has 0 saturated carbocycles. The van der Waals surface area contributed by atoms with Crippen molar-refractivity contribution < 1.29 is 4.79 Å². The molecule has 2 aromatic heterocycles.